The van der Waals surface area contributed by atoms with E-state index >= 15 is 0 Å². The fourth-order valence-corrected chi connectivity index (χ4v) is 4.36. The number of fused-ring (bicyclic) bond motifs is 1. The first-order valence-corrected chi connectivity index (χ1v) is 10.9. The highest BCUT2D eigenvalue weighted by Gasteiger charge is 2.30. The molecule has 162 valence electrons. The summed E-state index contributed by atoms with van der Waals surface area (Å²) in [6, 6.07) is 13.0. The third kappa shape index (κ3) is 4.64. The van der Waals surface area contributed by atoms with Crippen LogP contribution in [0.2, 0.25) is 0 Å². The summed E-state index contributed by atoms with van der Waals surface area (Å²) in [5.74, 6) is 0.912. The fraction of sp³-hybridized carbons (Fsp3) is 0.520. The molecule has 0 aromatic heterocycles. The van der Waals surface area contributed by atoms with E-state index in [-0.39, 0.29) is 18.0 Å². The molecule has 0 spiro atoms. The van der Waals surface area contributed by atoms with Crippen LogP contribution in [0, 0.1) is 0 Å². The monoisotopic (exact) mass is 411 g/mol. The predicted octanol–water partition coefficient (Wildman–Crippen LogP) is 4.61. The minimum absolute atomic E-state index is 0.149. The van der Waals surface area contributed by atoms with Gasteiger partial charge in [0, 0.05) is 20.0 Å². The standard InChI is InChI=1S/C25H33NO4/c1-5-17-7-8-18(23-13-20(27)14-24(28-4)29-23)12-19(17)10-16-6-9-22-21(11-16)26-15-25(2,3)30-22/h6-9,11-12,20,23-24,26-27H,5,10,13-15H2,1-4H3. The van der Waals surface area contributed by atoms with Crippen molar-refractivity contribution in [2.45, 2.75) is 70.6 Å². The smallest absolute Gasteiger partial charge is 0.160 e. The second-order valence-electron chi connectivity index (χ2n) is 9.02. The Morgan fingerprint density at radius 3 is 2.73 bits per heavy atom. The molecule has 2 aromatic carbocycles. The van der Waals surface area contributed by atoms with Crippen molar-refractivity contribution < 1.29 is 19.3 Å². The molecule has 2 aliphatic rings. The minimum atomic E-state index is -0.404. The number of hydrogen-bond donors (Lipinski definition) is 2. The number of methoxy groups -OCH3 is 1. The van der Waals surface area contributed by atoms with Gasteiger partial charge in [0.25, 0.3) is 0 Å². The van der Waals surface area contributed by atoms with Gasteiger partial charge < -0.3 is 24.6 Å². The van der Waals surface area contributed by atoms with Crippen molar-refractivity contribution in [1.82, 2.24) is 0 Å². The average molecular weight is 412 g/mol. The van der Waals surface area contributed by atoms with Crippen molar-refractivity contribution in [3.8, 4) is 5.75 Å². The van der Waals surface area contributed by atoms with Crippen LogP contribution in [0.4, 0.5) is 5.69 Å². The first-order valence-electron chi connectivity index (χ1n) is 10.9. The third-order valence-corrected chi connectivity index (χ3v) is 6.04. The number of nitrogens with one attached hydrogen (secondary N) is 1. The summed E-state index contributed by atoms with van der Waals surface area (Å²) in [4.78, 5) is 0. The van der Waals surface area contributed by atoms with Crippen molar-refractivity contribution in [3.63, 3.8) is 0 Å². The summed E-state index contributed by atoms with van der Waals surface area (Å²) >= 11 is 0. The molecule has 0 amide bonds. The molecule has 0 saturated carbocycles. The maximum absolute atomic E-state index is 10.2. The van der Waals surface area contributed by atoms with Crippen LogP contribution < -0.4 is 10.1 Å². The molecule has 0 radical (unpaired) electrons. The van der Waals surface area contributed by atoms with Crippen LogP contribution in [0.3, 0.4) is 0 Å². The number of benzene rings is 2. The van der Waals surface area contributed by atoms with Crippen LogP contribution in [-0.2, 0) is 22.3 Å². The topological polar surface area (TPSA) is 60.0 Å². The lowest BCUT2D eigenvalue weighted by Crippen LogP contribution is -2.40. The lowest BCUT2D eigenvalue weighted by Gasteiger charge is -2.33. The molecular formula is C25H33NO4. The van der Waals surface area contributed by atoms with Gasteiger partial charge in [-0.2, -0.15) is 0 Å². The van der Waals surface area contributed by atoms with Crippen LogP contribution in [0.15, 0.2) is 36.4 Å². The Morgan fingerprint density at radius 2 is 1.97 bits per heavy atom. The molecule has 2 aliphatic heterocycles. The van der Waals surface area contributed by atoms with E-state index in [0.29, 0.717) is 12.8 Å². The number of rotatable bonds is 5. The molecule has 2 aromatic rings. The number of aliphatic hydroxyl groups excluding tert-OH is 1. The van der Waals surface area contributed by atoms with E-state index in [0.717, 1.165) is 36.4 Å². The van der Waals surface area contributed by atoms with E-state index in [9.17, 15) is 5.11 Å². The molecule has 5 nitrogen and oxygen atoms in total. The van der Waals surface area contributed by atoms with Gasteiger partial charge in [-0.15, -0.1) is 0 Å². The summed E-state index contributed by atoms with van der Waals surface area (Å²) < 4.78 is 17.5. The summed E-state index contributed by atoms with van der Waals surface area (Å²) in [6.07, 6.45) is 2.03. The zero-order valence-corrected chi connectivity index (χ0v) is 18.4. The fourth-order valence-electron chi connectivity index (χ4n) is 4.36. The Kier molecular flexibility index (Phi) is 6.05. The van der Waals surface area contributed by atoms with Gasteiger partial charge in [-0.25, -0.2) is 0 Å². The largest absolute Gasteiger partial charge is 0.484 e. The Morgan fingerprint density at radius 1 is 1.13 bits per heavy atom. The number of hydrogen-bond acceptors (Lipinski definition) is 5. The number of ether oxygens (including phenoxy) is 3. The summed E-state index contributed by atoms with van der Waals surface area (Å²) in [5.41, 5.74) is 5.84. The Hall–Kier alpha value is -2.08. The van der Waals surface area contributed by atoms with Gasteiger partial charge in [-0.1, -0.05) is 31.2 Å². The number of aryl methyl sites for hydroxylation is 1. The molecule has 0 aliphatic carbocycles. The van der Waals surface area contributed by atoms with Gasteiger partial charge >= 0.3 is 0 Å². The van der Waals surface area contributed by atoms with Crippen LogP contribution in [-0.4, -0.2) is 36.8 Å². The van der Waals surface area contributed by atoms with Crippen molar-refractivity contribution >= 4 is 5.69 Å². The zero-order valence-electron chi connectivity index (χ0n) is 18.4. The van der Waals surface area contributed by atoms with Gasteiger partial charge in [0.1, 0.15) is 11.4 Å². The average Bonchev–Trinajstić information content (AvgIpc) is 2.73. The SMILES string of the molecule is CCc1ccc(C2CC(O)CC(OC)O2)cc1Cc1ccc2c(c1)NCC(C)(C)O2. The molecule has 2 heterocycles. The van der Waals surface area contributed by atoms with Gasteiger partial charge in [0.2, 0.25) is 0 Å². The normalized spacial score (nSPS) is 25.2. The molecule has 3 unspecified atom stereocenters. The first-order chi connectivity index (χ1) is 14.4. The Labute approximate surface area is 179 Å². The molecule has 3 atom stereocenters. The highest BCUT2D eigenvalue weighted by molar-refractivity contribution is 5.60. The number of aliphatic hydroxyl groups is 1. The van der Waals surface area contributed by atoms with Crippen LogP contribution in [0.1, 0.15) is 62.0 Å². The maximum atomic E-state index is 10.2. The van der Waals surface area contributed by atoms with Gasteiger partial charge in [0.05, 0.1) is 24.4 Å². The summed E-state index contributed by atoms with van der Waals surface area (Å²) in [5, 5.41) is 13.7. The van der Waals surface area contributed by atoms with E-state index < -0.39 is 6.10 Å². The molecular weight excluding hydrogens is 378 g/mol. The van der Waals surface area contributed by atoms with E-state index in [1.165, 1.54) is 16.7 Å². The zero-order chi connectivity index (χ0) is 21.3. The molecule has 2 N–H and O–H groups in total. The molecule has 1 saturated heterocycles. The quantitative estimate of drug-likeness (QED) is 0.753. The van der Waals surface area contributed by atoms with Crippen molar-refractivity contribution in [3.05, 3.63) is 58.7 Å². The van der Waals surface area contributed by atoms with Crippen molar-refractivity contribution in [1.29, 1.82) is 0 Å². The molecule has 0 bridgehead atoms. The van der Waals surface area contributed by atoms with Crippen LogP contribution >= 0.6 is 0 Å². The molecule has 5 heteroatoms. The lowest BCUT2D eigenvalue weighted by molar-refractivity contribution is -0.205. The van der Waals surface area contributed by atoms with Gasteiger partial charge in [-0.05, 0) is 61.1 Å². The second kappa shape index (κ2) is 8.58. The summed E-state index contributed by atoms with van der Waals surface area (Å²) in [7, 11) is 1.63. The van der Waals surface area contributed by atoms with E-state index in [1.54, 1.807) is 7.11 Å². The summed E-state index contributed by atoms with van der Waals surface area (Å²) in [6.45, 7) is 7.16. The van der Waals surface area contributed by atoms with Crippen LogP contribution in [0.25, 0.3) is 0 Å². The molecule has 30 heavy (non-hydrogen) atoms. The molecule has 4 rings (SSSR count). The van der Waals surface area contributed by atoms with Gasteiger partial charge in [0.15, 0.2) is 6.29 Å². The Bertz CT molecular complexity index is 895. The minimum Gasteiger partial charge on any atom is -0.484 e. The molecule has 1 fully saturated rings. The highest BCUT2D eigenvalue weighted by Crippen LogP contribution is 2.36. The van der Waals surface area contributed by atoms with Gasteiger partial charge in [-0.3, -0.25) is 0 Å². The maximum Gasteiger partial charge on any atom is 0.160 e. The lowest BCUT2D eigenvalue weighted by atomic mass is 9.91. The second-order valence-corrected chi connectivity index (χ2v) is 9.02. The van der Waals surface area contributed by atoms with Crippen LogP contribution in [0.5, 0.6) is 5.75 Å². The Balaban J connectivity index is 1.57. The van der Waals surface area contributed by atoms with E-state index in [1.807, 2.05) is 0 Å². The first kappa shape index (κ1) is 21.2. The van der Waals surface area contributed by atoms with Crippen molar-refractivity contribution in [2.75, 3.05) is 19.0 Å². The predicted molar refractivity (Wildman–Crippen MR) is 118 cm³/mol. The third-order valence-electron chi connectivity index (χ3n) is 6.04. The van der Waals surface area contributed by atoms with E-state index in [2.05, 4.69) is 62.5 Å². The van der Waals surface area contributed by atoms with Crippen molar-refractivity contribution in [2.24, 2.45) is 0 Å². The van der Waals surface area contributed by atoms with E-state index in [4.69, 9.17) is 14.2 Å². The highest BCUT2D eigenvalue weighted by atomic mass is 16.7. The number of anilines is 1.